The van der Waals surface area contributed by atoms with Crippen LogP contribution in [-0.2, 0) is 28.6 Å². The van der Waals surface area contributed by atoms with Gasteiger partial charge in [0.15, 0.2) is 6.10 Å². The van der Waals surface area contributed by atoms with Crippen molar-refractivity contribution in [3.63, 3.8) is 0 Å². The van der Waals surface area contributed by atoms with Crippen LogP contribution in [0.15, 0.2) is 97.2 Å². The average molecular weight is 960 g/mol. The fraction of sp³-hybridized carbons (Fsp3) is 0.698. The van der Waals surface area contributed by atoms with E-state index < -0.39 is 6.10 Å². The third-order valence-electron chi connectivity index (χ3n) is 12.1. The molecule has 394 valence electrons. The summed E-state index contributed by atoms with van der Waals surface area (Å²) in [5.41, 5.74) is 0. The number of hydrogen-bond donors (Lipinski definition) is 0. The Hall–Kier alpha value is -3.67. The standard InChI is InChI=1S/C63H106O6/c1-4-7-10-13-15-17-19-21-22-23-24-25-26-27-28-29-30-31-32-33-34-35-36-37-38-39-40-42-43-45-47-50-53-56-62(65)68-59-60(58-67-61(64)55-52-49-12-9-6-3)69-63(66)57-54-51-48-46-44-41-20-18-16-14-11-8-5-2/h7,10,15,17,21-22,24-25,27-28,30-31,33-34,36-37,60H,4-6,8-9,11-14,16,18-20,23,26,29,32,35,38-59H2,1-3H3/b10-7-,17-15-,22-21-,25-24-,28-27-,31-30-,34-33-,37-36-. The van der Waals surface area contributed by atoms with Gasteiger partial charge in [0.2, 0.25) is 0 Å². The molecule has 0 saturated carbocycles. The topological polar surface area (TPSA) is 78.9 Å². The van der Waals surface area contributed by atoms with E-state index in [1.54, 1.807) is 0 Å². The van der Waals surface area contributed by atoms with Crippen LogP contribution in [0, 0.1) is 0 Å². The molecule has 0 rings (SSSR count). The van der Waals surface area contributed by atoms with Crippen LogP contribution in [0.4, 0.5) is 0 Å². The van der Waals surface area contributed by atoms with Crippen molar-refractivity contribution in [1.29, 1.82) is 0 Å². The van der Waals surface area contributed by atoms with Crippen LogP contribution in [0.25, 0.3) is 0 Å². The minimum atomic E-state index is -0.774. The first-order valence-electron chi connectivity index (χ1n) is 28.7. The minimum Gasteiger partial charge on any atom is -0.462 e. The van der Waals surface area contributed by atoms with Crippen LogP contribution in [-0.4, -0.2) is 37.2 Å². The molecule has 0 amide bonds. The summed E-state index contributed by atoms with van der Waals surface area (Å²) in [5, 5.41) is 0. The molecule has 0 spiro atoms. The normalized spacial score (nSPS) is 12.8. The lowest BCUT2D eigenvalue weighted by atomic mass is 10.0. The van der Waals surface area contributed by atoms with Gasteiger partial charge in [-0.2, -0.15) is 0 Å². The van der Waals surface area contributed by atoms with E-state index in [4.69, 9.17) is 14.2 Å². The number of unbranched alkanes of at least 4 members (excludes halogenated alkanes) is 24. The Morgan fingerprint density at radius 1 is 0.304 bits per heavy atom. The molecular weight excluding hydrogens is 853 g/mol. The van der Waals surface area contributed by atoms with Gasteiger partial charge in [0.25, 0.3) is 0 Å². The van der Waals surface area contributed by atoms with Crippen molar-refractivity contribution in [2.75, 3.05) is 13.2 Å². The molecule has 1 unspecified atom stereocenters. The molecule has 0 heterocycles. The maximum Gasteiger partial charge on any atom is 0.306 e. The number of hydrogen-bond acceptors (Lipinski definition) is 6. The first-order valence-corrected chi connectivity index (χ1v) is 28.7. The molecule has 69 heavy (non-hydrogen) atoms. The predicted octanol–water partition coefficient (Wildman–Crippen LogP) is 19.3. The molecule has 0 aliphatic rings. The van der Waals surface area contributed by atoms with E-state index in [1.807, 2.05) is 0 Å². The van der Waals surface area contributed by atoms with Gasteiger partial charge in [-0.1, -0.05) is 259 Å². The van der Waals surface area contributed by atoms with Crippen molar-refractivity contribution >= 4 is 17.9 Å². The molecule has 0 saturated heterocycles. The summed E-state index contributed by atoms with van der Waals surface area (Å²) < 4.78 is 16.7. The van der Waals surface area contributed by atoms with E-state index in [2.05, 4.69) is 118 Å². The first-order chi connectivity index (χ1) is 34.0. The molecule has 6 nitrogen and oxygen atoms in total. The highest BCUT2D eigenvalue weighted by atomic mass is 16.6. The number of esters is 3. The van der Waals surface area contributed by atoms with E-state index in [-0.39, 0.29) is 31.1 Å². The van der Waals surface area contributed by atoms with Crippen molar-refractivity contribution in [3.05, 3.63) is 97.2 Å². The zero-order valence-corrected chi connectivity index (χ0v) is 45.0. The van der Waals surface area contributed by atoms with Gasteiger partial charge >= 0.3 is 17.9 Å². The number of ether oxygens (including phenoxy) is 3. The van der Waals surface area contributed by atoms with Crippen molar-refractivity contribution in [2.24, 2.45) is 0 Å². The maximum atomic E-state index is 12.7. The molecular formula is C63H106O6. The predicted molar refractivity (Wildman–Crippen MR) is 297 cm³/mol. The molecule has 1 atom stereocenters. The van der Waals surface area contributed by atoms with Crippen LogP contribution in [0.5, 0.6) is 0 Å². The quantitative estimate of drug-likeness (QED) is 0.0262. The van der Waals surface area contributed by atoms with Gasteiger partial charge in [-0.15, -0.1) is 0 Å². The highest BCUT2D eigenvalue weighted by Crippen LogP contribution is 2.15. The first kappa shape index (κ1) is 65.3. The minimum absolute atomic E-state index is 0.0780. The lowest BCUT2D eigenvalue weighted by Gasteiger charge is -2.18. The highest BCUT2D eigenvalue weighted by Gasteiger charge is 2.19. The molecule has 0 N–H and O–H groups in total. The van der Waals surface area contributed by atoms with Gasteiger partial charge in [-0.05, 0) is 83.5 Å². The molecule has 0 aromatic heterocycles. The third-order valence-corrected chi connectivity index (χ3v) is 12.1. The third kappa shape index (κ3) is 55.1. The lowest BCUT2D eigenvalue weighted by molar-refractivity contribution is -0.167. The zero-order valence-electron chi connectivity index (χ0n) is 45.0. The summed E-state index contributed by atoms with van der Waals surface area (Å²) in [4.78, 5) is 37.7. The van der Waals surface area contributed by atoms with Gasteiger partial charge in [-0.25, -0.2) is 0 Å². The van der Waals surface area contributed by atoms with Gasteiger partial charge in [0.05, 0.1) is 0 Å². The lowest BCUT2D eigenvalue weighted by Crippen LogP contribution is -2.30. The van der Waals surface area contributed by atoms with E-state index in [9.17, 15) is 14.4 Å². The van der Waals surface area contributed by atoms with Crippen LogP contribution < -0.4 is 0 Å². The van der Waals surface area contributed by atoms with E-state index in [0.29, 0.717) is 19.3 Å². The SMILES string of the molecule is CC/C=C\C/C=C\C/C=C\C/C=C\C/C=C\C/C=C\C/C=C\C/C=C\CCCCCCCCCCC(=O)OCC(COC(=O)CCCCCCC)OC(=O)CCCCCCCCCCCCCCC. The second kappa shape index (κ2) is 56.9. The Kier molecular flexibility index (Phi) is 53.9. The van der Waals surface area contributed by atoms with Gasteiger partial charge in [-0.3, -0.25) is 14.4 Å². The smallest absolute Gasteiger partial charge is 0.306 e. The van der Waals surface area contributed by atoms with Crippen LogP contribution in [0.2, 0.25) is 0 Å². The monoisotopic (exact) mass is 959 g/mol. The molecule has 0 radical (unpaired) electrons. The zero-order chi connectivity index (χ0) is 50.0. The van der Waals surface area contributed by atoms with Crippen molar-refractivity contribution in [3.8, 4) is 0 Å². The van der Waals surface area contributed by atoms with Crippen molar-refractivity contribution < 1.29 is 28.6 Å². The highest BCUT2D eigenvalue weighted by molar-refractivity contribution is 5.71. The maximum absolute atomic E-state index is 12.7. The fourth-order valence-electron chi connectivity index (χ4n) is 7.81. The largest absolute Gasteiger partial charge is 0.462 e. The second-order valence-electron chi connectivity index (χ2n) is 18.8. The summed E-state index contributed by atoms with van der Waals surface area (Å²) in [7, 11) is 0. The molecule has 0 fully saturated rings. The second-order valence-corrected chi connectivity index (χ2v) is 18.8. The van der Waals surface area contributed by atoms with Crippen molar-refractivity contribution in [2.45, 2.75) is 271 Å². The summed E-state index contributed by atoms with van der Waals surface area (Å²) in [6.45, 7) is 6.43. The Labute approximate surface area is 426 Å². The van der Waals surface area contributed by atoms with E-state index in [0.717, 1.165) is 122 Å². The Morgan fingerprint density at radius 2 is 0.565 bits per heavy atom. The average Bonchev–Trinajstić information content (AvgIpc) is 3.35. The van der Waals surface area contributed by atoms with Crippen LogP contribution >= 0.6 is 0 Å². The summed E-state index contributed by atoms with van der Waals surface area (Å²) in [5.74, 6) is -0.898. The van der Waals surface area contributed by atoms with Crippen LogP contribution in [0.3, 0.4) is 0 Å². The van der Waals surface area contributed by atoms with E-state index >= 15 is 0 Å². The van der Waals surface area contributed by atoms with Crippen LogP contribution in [0.1, 0.15) is 265 Å². The summed E-state index contributed by atoms with van der Waals surface area (Å²) in [6, 6.07) is 0. The van der Waals surface area contributed by atoms with Crippen molar-refractivity contribution in [1.82, 2.24) is 0 Å². The summed E-state index contributed by atoms with van der Waals surface area (Å²) in [6.07, 6.45) is 75.9. The molecule has 0 aliphatic carbocycles. The molecule has 0 aliphatic heterocycles. The number of carbonyl (C=O) groups is 3. The Morgan fingerprint density at radius 3 is 0.884 bits per heavy atom. The Balaban J connectivity index is 4.05. The number of carbonyl (C=O) groups excluding carboxylic acids is 3. The van der Waals surface area contributed by atoms with Gasteiger partial charge < -0.3 is 14.2 Å². The van der Waals surface area contributed by atoms with E-state index in [1.165, 1.54) is 103 Å². The van der Waals surface area contributed by atoms with Gasteiger partial charge in [0, 0.05) is 19.3 Å². The molecule has 0 bridgehead atoms. The summed E-state index contributed by atoms with van der Waals surface area (Å²) >= 11 is 0. The Bertz CT molecular complexity index is 1380. The number of allylic oxidation sites excluding steroid dienone is 16. The van der Waals surface area contributed by atoms with Gasteiger partial charge in [0.1, 0.15) is 13.2 Å². The number of rotatable bonds is 51. The molecule has 0 aromatic carbocycles. The fourth-order valence-corrected chi connectivity index (χ4v) is 7.81. The molecule has 6 heteroatoms. The molecule has 0 aromatic rings.